The number of hydrogen-bond acceptors (Lipinski definition) is 5. The molecule has 0 radical (unpaired) electrons. The zero-order chi connectivity index (χ0) is 21.1. The number of carbonyl (C=O) groups excluding carboxylic acids is 2. The first-order valence-electron chi connectivity index (χ1n) is 10.7. The molecule has 0 saturated heterocycles. The number of ketones is 1. The smallest absolute Gasteiger partial charge is 0.337 e. The van der Waals surface area contributed by atoms with Crippen molar-refractivity contribution in [2.24, 2.45) is 0 Å². The SMILES string of the molecule is CCN(CC)c1ccc([C@H]2C(C(=O)OC(C)C)=C(C)NC3=C2C(=O)CCC3)cc1. The summed E-state index contributed by atoms with van der Waals surface area (Å²) in [5.41, 5.74) is 5.11. The Hall–Kier alpha value is -2.56. The molecule has 0 unspecified atom stereocenters. The van der Waals surface area contributed by atoms with Gasteiger partial charge in [0.2, 0.25) is 0 Å². The molecule has 1 aliphatic carbocycles. The maximum atomic E-state index is 13.0. The summed E-state index contributed by atoms with van der Waals surface area (Å²) in [4.78, 5) is 28.2. The molecule has 1 atom stereocenters. The van der Waals surface area contributed by atoms with Crippen molar-refractivity contribution >= 4 is 17.4 Å². The molecule has 1 N–H and O–H groups in total. The lowest BCUT2D eigenvalue weighted by Crippen LogP contribution is -2.35. The number of rotatable bonds is 6. The zero-order valence-corrected chi connectivity index (χ0v) is 18.2. The van der Waals surface area contributed by atoms with E-state index in [0.29, 0.717) is 12.0 Å². The van der Waals surface area contributed by atoms with E-state index in [0.717, 1.165) is 54.1 Å². The number of nitrogens with one attached hydrogen (secondary N) is 1. The number of allylic oxidation sites excluding steroid dienone is 3. The normalized spacial score (nSPS) is 19.2. The molecule has 0 aromatic heterocycles. The molecule has 5 nitrogen and oxygen atoms in total. The van der Waals surface area contributed by atoms with Gasteiger partial charge in [0, 0.05) is 48.1 Å². The minimum Gasteiger partial charge on any atom is -0.460 e. The molecule has 0 fully saturated rings. The monoisotopic (exact) mass is 396 g/mol. The molecular weight excluding hydrogens is 364 g/mol. The van der Waals surface area contributed by atoms with E-state index < -0.39 is 0 Å². The van der Waals surface area contributed by atoms with Gasteiger partial charge >= 0.3 is 5.97 Å². The van der Waals surface area contributed by atoms with Crippen LogP contribution in [0.4, 0.5) is 5.69 Å². The van der Waals surface area contributed by atoms with Gasteiger partial charge in [0.1, 0.15) is 0 Å². The minimum absolute atomic E-state index is 0.124. The van der Waals surface area contributed by atoms with Crippen LogP contribution in [0.25, 0.3) is 0 Å². The van der Waals surface area contributed by atoms with Gasteiger partial charge in [0.25, 0.3) is 0 Å². The summed E-state index contributed by atoms with van der Waals surface area (Å²) in [6, 6.07) is 8.26. The topological polar surface area (TPSA) is 58.6 Å². The molecule has 1 aromatic rings. The number of nitrogens with zero attached hydrogens (tertiary/aromatic N) is 1. The fourth-order valence-electron chi connectivity index (χ4n) is 4.33. The van der Waals surface area contributed by atoms with Crippen molar-refractivity contribution in [3.05, 3.63) is 52.4 Å². The van der Waals surface area contributed by atoms with Crippen LogP contribution in [-0.4, -0.2) is 30.9 Å². The Morgan fingerprint density at radius 1 is 1.17 bits per heavy atom. The van der Waals surface area contributed by atoms with Gasteiger partial charge in [-0.15, -0.1) is 0 Å². The lowest BCUT2D eigenvalue weighted by molar-refractivity contribution is -0.143. The van der Waals surface area contributed by atoms with E-state index in [1.165, 1.54) is 0 Å². The Balaban J connectivity index is 2.08. The molecule has 29 heavy (non-hydrogen) atoms. The van der Waals surface area contributed by atoms with E-state index in [1.807, 2.05) is 32.9 Å². The Bertz CT molecular complexity index is 845. The molecule has 3 rings (SSSR count). The summed E-state index contributed by atoms with van der Waals surface area (Å²) in [6.07, 6.45) is 1.99. The second-order valence-electron chi connectivity index (χ2n) is 7.98. The second-order valence-corrected chi connectivity index (χ2v) is 7.98. The number of benzene rings is 1. The van der Waals surface area contributed by atoms with Crippen LogP contribution in [0.5, 0.6) is 0 Å². The molecule has 0 amide bonds. The van der Waals surface area contributed by atoms with Crippen molar-refractivity contribution in [2.45, 2.75) is 65.9 Å². The van der Waals surface area contributed by atoms with Gasteiger partial charge in [-0.2, -0.15) is 0 Å². The number of dihydropyridines is 1. The number of esters is 1. The van der Waals surface area contributed by atoms with E-state index in [2.05, 4.69) is 36.2 Å². The van der Waals surface area contributed by atoms with Gasteiger partial charge < -0.3 is 15.0 Å². The van der Waals surface area contributed by atoms with Crippen molar-refractivity contribution in [2.75, 3.05) is 18.0 Å². The van der Waals surface area contributed by atoms with Crippen molar-refractivity contribution in [3.8, 4) is 0 Å². The van der Waals surface area contributed by atoms with Crippen LogP contribution in [0.1, 0.15) is 65.4 Å². The summed E-state index contributed by atoms with van der Waals surface area (Å²) in [5.74, 6) is -0.609. The first kappa shape index (κ1) is 21.2. The highest BCUT2D eigenvalue weighted by Crippen LogP contribution is 2.42. The largest absolute Gasteiger partial charge is 0.460 e. The fourth-order valence-corrected chi connectivity index (χ4v) is 4.33. The van der Waals surface area contributed by atoms with E-state index in [4.69, 9.17) is 4.74 Å². The third-order valence-corrected chi connectivity index (χ3v) is 5.69. The predicted molar refractivity (Wildman–Crippen MR) is 116 cm³/mol. The summed E-state index contributed by atoms with van der Waals surface area (Å²) in [5, 5.41) is 3.33. The first-order valence-corrected chi connectivity index (χ1v) is 10.7. The van der Waals surface area contributed by atoms with Gasteiger partial charge in [0.15, 0.2) is 5.78 Å². The molecule has 1 aromatic carbocycles. The average molecular weight is 397 g/mol. The van der Waals surface area contributed by atoms with Crippen LogP contribution in [0.15, 0.2) is 46.8 Å². The number of ether oxygens (including phenoxy) is 1. The van der Waals surface area contributed by atoms with Crippen LogP contribution in [0.3, 0.4) is 0 Å². The first-order chi connectivity index (χ1) is 13.9. The Morgan fingerprint density at radius 2 is 1.83 bits per heavy atom. The predicted octanol–water partition coefficient (Wildman–Crippen LogP) is 4.45. The number of anilines is 1. The Labute approximate surface area is 173 Å². The van der Waals surface area contributed by atoms with E-state index >= 15 is 0 Å². The number of carbonyl (C=O) groups is 2. The summed E-state index contributed by atoms with van der Waals surface area (Å²) < 4.78 is 5.54. The second kappa shape index (κ2) is 8.85. The maximum Gasteiger partial charge on any atom is 0.337 e. The summed E-state index contributed by atoms with van der Waals surface area (Å²) in [6.45, 7) is 11.7. The zero-order valence-electron chi connectivity index (χ0n) is 18.2. The maximum absolute atomic E-state index is 13.0. The Kier molecular flexibility index (Phi) is 6.46. The standard InChI is InChI=1S/C24H32N2O3/c1-6-26(7-2)18-13-11-17(12-14-18)22-21(24(28)29-15(3)4)16(5)25-19-9-8-10-20(27)23(19)22/h11-15,22,25H,6-10H2,1-5H3/t22-/m0/s1. The van der Waals surface area contributed by atoms with Crippen LogP contribution in [0, 0.1) is 0 Å². The van der Waals surface area contributed by atoms with Crippen LogP contribution in [0.2, 0.25) is 0 Å². The molecule has 2 aliphatic rings. The van der Waals surface area contributed by atoms with Crippen molar-refractivity contribution in [3.63, 3.8) is 0 Å². The minimum atomic E-state index is -0.379. The third kappa shape index (κ3) is 4.24. The molecule has 0 saturated carbocycles. The van der Waals surface area contributed by atoms with Crippen LogP contribution < -0.4 is 10.2 Å². The number of Topliss-reactive ketones (excluding diaryl/α,β-unsaturated/α-hetero) is 1. The molecule has 156 valence electrons. The van der Waals surface area contributed by atoms with E-state index in [9.17, 15) is 9.59 Å². The highest BCUT2D eigenvalue weighted by Gasteiger charge is 2.39. The van der Waals surface area contributed by atoms with Crippen LogP contribution >= 0.6 is 0 Å². The molecular formula is C24H32N2O3. The van der Waals surface area contributed by atoms with Gasteiger partial charge in [-0.05, 0) is 65.2 Å². The van der Waals surface area contributed by atoms with Gasteiger partial charge in [-0.1, -0.05) is 12.1 Å². The van der Waals surface area contributed by atoms with E-state index in [-0.39, 0.29) is 23.8 Å². The van der Waals surface area contributed by atoms with Gasteiger partial charge in [-0.25, -0.2) is 4.79 Å². The summed E-state index contributed by atoms with van der Waals surface area (Å²) in [7, 11) is 0. The molecule has 1 aliphatic heterocycles. The highest BCUT2D eigenvalue weighted by molar-refractivity contribution is 6.03. The van der Waals surface area contributed by atoms with Crippen molar-refractivity contribution in [1.29, 1.82) is 0 Å². The van der Waals surface area contributed by atoms with Gasteiger partial charge in [-0.3, -0.25) is 4.79 Å². The van der Waals surface area contributed by atoms with Crippen LogP contribution in [-0.2, 0) is 14.3 Å². The quantitative estimate of drug-likeness (QED) is 0.720. The highest BCUT2D eigenvalue weighted by atomic mass is 16.5. The number of hydrogen-bond donors (Lipinski definition) is 1. The summed E-state index contributed by atoms with van der Waals surface area (Å²) >= 11 is 0. The van der Waals surface area contributed by atoms with Crippen molar-refractivity contribution in [1.82, 2.24) is 5.32 Å². The molecule has 1 heterocycles. The van der Waals surface area contributed by atoms with Crippen molar-refractivity contribution < 1.29 is 14.3 Å². The third-order valence-electron chi connectivity index (χ3n) is 5.69. The Morgan fingerprint density at radius 3 is 2.41 bits per heavy atom. The fraction of sp³-hybridized carbons (Fsp3) is 0.500. The molecule has 0 bridgehead atoms. The molecule has 0 spiro atoms. The van der Waals surface area contributed by atoms with Gasteiger partial charge in [0.05, 0.1) is 11.7 Å². The lowest BCUT2D eigenvalue weighted by atomic mass is 9.75. The lowest BCUT2D eigenvalue weighted by Gasteiger charge is -2.34. The molecule has 5 heteroatoms. The van der Waals surface area contributed by atoms with E-state index in [1.54, 1.807) is 0 Å². The average Bonchev–Trinajstić information content (AvgIpc) is 2.68.